The van der Waals surface area contributed by atoms with Gasteiger partial charge in [0.05, 0.1) is 9.26 Å². The second-order valence-electron chi connectivity index (χ2n) is 5.06. The summed E-state index contributed by atoms with van der Waals surface area (Å²) in [5, 5.41) is 3.34. The van der Waals surface area contributed by atoms with Gasteiger partial charge in [0, 0.05) is 18.2 Å². The lowest BCUT2D eigenvalue weighted by Crippen LogP contribution is -2.08. The van der Waals surface area contributed by atoms with Crippen LogP contribution in [0.3, 0.4) is 0 Å². The van der Waals surface area contributed by atoms with Crippen LogP contribution in [-0.4, -0.2) is 21.5 Å². The Kier molecular flexibility index (Phi) is 3.87. The van der Waals surface area contributed by atoms with Gasteiger partial charge in [-0.3, -0.25) is 0 Å². The number of rotatable bonds is 4. The molecule has 1 aliphatic carbocycles. The fraction of sp³-hybridized carbons (Fsp3) is 0.400. The van der Waals surface area contributed by atoms with Crippen molar-refractivity contribution in [3.05, 3.63) is 33.2 Å². The number of halogens is 1. The van der Waals surface area contributed by atoms with Crippen molar-refractivity contribution in [3.63, 3.8) is 0 Å². The van der Waals surface area contributed by atoms with Crippen molar-refractivity contribution >= 4 is 28.4 Å². The first-order chi connectivity index (χ1) is 9.69. The van der Waals surface area contributed by atoms with Crippen molar-refractivity contribution in [1.29, 1.82) is 0 Å². The minimum atomic E-state index is 0.603. The second-order valence-corrected chi connectivity index (χ2v) is 6.14. The molecule has 0 unspecified atom stereocenters. The molecule has 0 amide bonds. The van der Waals surface area contributed by atoms with Crippen molar-refractivity contribution in [2.24, 2.45) is 0 Å². The lowest BCUT2D eigenvalue weighted by molar-refractivity contribution is 0.964. The van der Waals surface area contributed by atoms with Gasteiger partial charge in [-0.1, -0.05) is 6.07 Å². The van der Waals surface area contributed by atoms with Gasteiger partial charge in [0.2, 0.25) is 0 Å². The molecular weight excluding hydrogens is 363 g/mol. The highest BCUT2D eigenvalue weighted by molar-refractivity contribution is 14.1. The Morgan fingerprint density at radius 2 is 2.05 bits per heavy atom. The summed E-state index contributed by atoms with van der Waals surface area (Å²) in [4.78, 5) is 14.0. The zero-order valence-electron chi connectivity index (χ0n) is 11.7. The minimum Gasteiger partial charge on any atom is -0.369 e. The summed E-state index contributed by atoms with van der Waals surface area (Å²) < 4.78 is 1.16. The van der Waals surface area contributed by atoms with Crippen LogP contribution in [0.1, 0.15) is 37.1 Å². The van der Waals surface area contributed by atoms with E-state index in [-0.39, 0.29) is 0 Å². The molecule has 5 heteroatoms. The highest BCUT2D eigenvalue weighted by Crippen LogP contribution is 2.42. The van der Waals surface area contributed by atoms with E-state index in [1.165, 1.54) is 18.5 Å². The van der Waals surface area contributed by atoms with Gasteiger partial charge in [0.25, 0.3) is 0 Å². The zero-order chi connectivity index (χ0) is 14.1. The van der Waals surface area contributed by atoms with E-state index in [0.29, 0.717) is 5.92 Å². The average Bonchev–Trinajstić information content (AvgIpc) is 3.26. The second kappa shape index (κ2) is 5.63. The highest BCUT2D eigenvalue weighted by atomic mass is 127. The molecule has 0 aliphatic heterocycles. The van der Waals surface area contributed by atoms with Gasteiger partial charge in [0.1, 0.15) is 11.5 Å². The van der Waals surface area contributed by atoms with E-state index in [4.69, 9.17) is 4.98 Å². The molecule has 1 aliphatic rings. The van der Waals surface area contributed by atoms with Crippen LogP contribution in [0.15, 0.2) is 18.2 Å². The van der Waals surface area contributed by atoms with Crippen LogP contribution in [0.25, 0.3) is 11.5 Å². The smallest absolute Gasteiger partial charge is 0.180 e. The van der Waals surface area contributed by atoms with Crippen LogP contribution in [-0.2, 0) is 0 Å². The third kappa shape index (κ3) is 2.77. The topological polar surface area (TPSA) is 50.7 Å². The van der Waals surface area contributed by atoms with Gasteiger partial charge in [0.15, 0.2) is 5.82 Å². The first kappa shape index (κ1) is 13.7. The first-order valence-corrected chi connectivity index (χ1v) is 8.02. The Labute approximate surface area is 132 Å². The van der Waals surface area contributed by atoms with E-state index < -0.39 is 0 Å². The lowest BCUT2D eigenvalue weighted by atomic mass is 10.2. The monoisotopic (exact) mass is 380 g/mol. The molecule has 0 atom stereocenters. The fourth-order valence-electron chi connectivity index (χ4n) is 2.16. The van der Waals surface area contributed by atoms with Gasteiger partial charge in [-0.15, -0.1) is 0 Å². The van der Waals surface area contributed by atoms with Crippen LogP contribution < -0.4 is 5.32 Å². The molecule has 20 heavy (non-hydrogen) atoms. The van der Waals surface area contributed by atoms with E-state index in [2.05, 4.69) is 44.8 Å². The maximum atomic E-state index is 4.77. The van der Waals surface area contributed by atoms with Crippen LogP contribution in [0, 0.1) is 10.5 Å². The van der Waals surface area contributed by atoms with Crippen molar-refractivity contribution in [3.8, 4) is 11.5 Å². The van der Waals surface area contributed by atoms with Gasteiger partial charge >= 0.3 is 0 Å². The molecule has 0 spiro atoms. The summed E-state index contributed by atoms with van der Waals surface area (Å²) in [6.45, 7) is 4.93. The highest BCUT2D eigenvalue weighted by Gasteiger charge is 2.29. The van der Waals surface area contributed by atoms with E-state index in [1.807, 2.05) is 25.1 Å². The van der Waals surface area contributed by atoms with E-state index in [0.717, 1.165) is 33.1 Å². The van der Waals surface area contributed by atoms with Crippen LogP contribution in [0.2, 0.25) is 0 Å². The molecule has 4 nitrogen and oxygen atoms in total. The number of hydrogen-bond acceptors (Lipinski definition) is 4. The van der Waals surface area contributed by atoms with Crippen LogP contribution in [0.4, 0.5) is 5.82 Å². The molecule has 3 rings (SSSR count). The van der Waals surface area contributed by atoms with Gasteiger partial charge in [-0.05, 0) is 61.4 Å². The average molecular weight is 380 g/mol. The standard InChI is InChI=1S/C15H17IN4/c1-3-17-15-12(16)13(10-7-8-10)19-14(20-15)11-6-4-5-9(2)18-11/h4-6,10H,3,7-8H2,1-2H3,(H,17,19,20). The summed E-state index contributed by atoms with van der Waals surface area (Å²) >= 11 is 2.35. The molecule has 0 saturated heterocycles. The number of nitrogens with zero attached hydrogens (tertiary/aromatic N) is 3. The van der Waals surface area contributed by atoms with Gasteiger partial charge < -0.3 is 5.32 Å². The number of aromatic nitrogens is 3. The molecule has 0 radical (unpaired) electrons. The Balaban J connectivity index is 2.10. The largest absolute Gasteiger partial charge is 0.369 e. The molecule has 2 aromatic heterocycles. The summed E-state index contributed by atoms with van der Waals surface area (Å²) in [5.41, 5.74) is 3.01. The molecular formula is C15H17IN4. The Morgan fingerprint density at radius 1 is 1.25 bits per heavy atom. The summed E-state index contributed by atoms with van der Waals surface area (Å²) in [7, 11) is 0. The molecule has 2 heterocycles. The van der Waals surface area contributed by atoms with Crippen LogP contribution >= 0.6 is 22.6 Å². The van der Waals surface area contributed by atoms with Crippen molar-refractivity contribution in [2.75, 3.05) is 11.9 Å². The summed E-state index contributed by atoms with van der Waals surface area (Å²) in [6.07, 6.45) is 2.47. The SMILES string of the molecule is CCNc1nc(-c2cccc(C)n2)nc(C2CC2)c1I. The molecule has 0 bridgehead atoms. The third-order valence-electron chi connectivity index (χ3n) is 3.30. The number of aryl methyl sites for hydroxylation is 1. The lowest BCUT2D eigenvalue weighted by Gasteiger charge is -2.11. The van der Waals surface area contributed by atoms with E-state index in [9.17, 15) is 0 Å². The fourth-order valence-corrected chi connectivity index (χ4v) is 3.03. The minimum absolute atomic E-state index is 0.603. The summed E-state index contributed by atoms with van der Waals surface area (Å²) in [6, 6.07) is 5.97. The molecule has 104 valence electrons. The van der Waals surface area contributed by atoms with E-state index >= 15 is 0 Å². The Bertz CT molecular complexity index is 638. The van der Waals surface area contributed by atoms with Crippen molar-refractivity contribution in [1.82, 2.24) is 15.0 Å². The predicted molar refractivity (Wildman–Crippen MR) is 88.9 cm³/mol. The summed E-state index contributed by atoms with van der Waals surface area (Å²) in [5.74, 6) is 2.26. The van der Waals surface area contributed by atoms with Crippen molar-refractivity contribution < 1.29 is 0 Å². The number of nitrogens with one attached hydrogen (secondary N) is 1. The number of hydrogen-bond donors (Lipinski definition) is 1. The van der Waals surface area contributed by atoms with Crippen LogP contribution in [0.5, 0.6) is 0 Å². The number of anilines is 1. The van der Waals surface area contributed by atoms with Gasteiger partial charge in [-0.2, -0.15) is 0 Å². The van der Waals surface area contributed by atoms with Crippen molar-refractivity contribution in [2.45, 2.75) is 32.6 Å². The molecule has 1 fully saturated rings. The zero-order valence-corrected chi connectivity index (χ0v) is 13.8. The molecule has 1 saturated carbocycles. The molecule has 2 aromatic rings. The van der Waals surface area contributed by atoms with E-state index in [1.54, 1.807) is 0 Å². The first-order valence-electron chi connectivity index (χ1n) is 6.94. The maximum absolute atomic E-state index is 4.77. The normalized spacial score (nSPS) is 14.3. The molecule has 1 N–H and O–H groups in total. The van der Waals surface area contributed by atoms with Gasteiger partial charge in [-0.25, -0.2) is 15.0 Å². The Morgan fingerprint density at radius 3 is 2.70 bits per heavy atom. The quantitative estimate of drug-likeness (QED) is 0.821. The Hall–Kier alpha value is -1.24. The number of pyridine rings is 1. The third-order valence-corrected chi connectivity index (χ3v) is 4.37. The predicted octanol–water partition coefficient (Wildman–Crippen LogP) is 3.76. The molecule has 0 aromatic carbocycles. The maximum Gasteiger partial charge on any atom is 0.180 e.